The molecule has 0 radical (unpaired) electrons. The number of carbonyl (C=O) groups excluding carboxylic acids is 7. The van der Waals surface area contributed by atoms with Crippen LogP contribution >= 0.6 is 0 Å². The smallest absolute Gasteiger partial charge is 0.326 e. The quantitative estimate of drug-likeness (QED) is 0.0221. The van der Waals surface area contributed by atoms with Crippen LogP contribution in [0, 0.1) is 5.92 Å². The highest BCUT2D eigenvalue weighted by molar-refractivity contribution is 5.98. The lowest BCUT2D eigenvalue weighted by atomic mass is 10.0. The van der Waals surface area contributed by atoms with Crippen LogP contribution in [-0.4, -0.2) is 130 Å². The van der Waals surface area contributed by atoms with Crippen molar-refractivity contribution in [1.82, 2.24) is 31.9 Å². The van der Waals surface area contributed by atoms with Gasteiger partial charge in [0.1, 0.15) is 36.3 Å². The number of guanidine groups is 1. The van der Waals surface area contributed by atoms with Crippen molar-refractivity contribution in [2.45, 2.75) is 102 Å². The van der Waals surface area contributed by atoms with Gasteiger partial charge in [0.05, 0.1) is 13.0 Å². The summed E-state index contributed by atoms with van der Waals surface area (Å²) in [5.74, 6) is -12.2. The average Bonchev–Trinajstić information content (AvgIpc) is 3.06. The summed E-state index contributed by atoms with van der Waals surface area (Å²) in [7, 11) is 0. The lowest BCUT2D eigenvalue weighted by Gasteiger charge is -2.28. The molecule has 304 valence electrons. The molecule has 0 aliphatic carbocycles. The van der Waals surface area contributed by atoms with Crippen LogP contribution in [-0.2, 0) is 47.9 Å². The highest BCUT2D eigenvalue weighted by Crippen LogP contribution is 2.09. The number of nitrogens with one attached hydrogen (secondary N) is 6. The number of carbonyl (C=O) groups is 10. The van der Waals surface area contributed by atoms with E-state index in [1.54, 1.807) is 0 Å². The molecule has 54 heavy (non-hydrogen) atoms. The predicted octanol–water partition coefficient (Wildman–Crippen LogP) is -5.73. The van der Waals surface area contributed by atoms with Gasteiger partial charge in [-0.3, -0.25) is 48.1 Å². The number of nitrogens with zero attached hydrogens (tertiary/aromatic N) is 1. The van der Waals surface area contributed by atoms with Gasteiger partial charge in [-0.15, -0.1) is 0 Å². The number of aliphatic imine (C=N–C) groups is 1. The van der Waals surface area contributed by atoms with Crippen molar-refractivity contribution in [3.63, 3.8) is 0 Å². The van der Waals surface area contributed by atoms with Gasteiger partial charge in [-0.1, -0.05) is 13.8 Å². The van der Waals surface area contributed by atoms with E-state index < -0.39 is 140 Å². The maximum atomic E-state index is 13.5. The first-order valence-electron chi connectivity index (χ1n) is 16.6. The van der Waals surface area contributed by atoms with Crippen molar-refractivity contribution in [3.05, 3.63) is 0 Å². The first-order valence-corrected chi connectivity index (χ1v) is 16.6. The third kappa shape index (κ3) is 19.5. The van der Waals surface area contributed by atoms with E-state index in [1.807, 2.05) is 5.32 Å². The van der Waals surface area contributed by atoms with Gasteiger partial charge in [0.15, 0.2) is 5.96 Å². The van der Waals surface area contributed by atoms with E-state index in [0.717, 1.165) is 0 Å². The number of carboxylic acids is 3. The average molecular weight is 774 g/mol. The third-order valence-electron chi connectivity index (χ3n) is 7.37. The summed E-state index contributed by atoms with van der Waals surface area (Å²) in [5, 5.41) is 41.5. The molecule has 0 aromatic heterocycles. The lowest BCUT2D eigenvalue weighted by Crippen LogP contribution is -2.60. The molecule has 0 aromatic rings. The van der Waals surface area contributed by atoms with Crippen molar-refractivity contribution in [2.24, 2.45) is 33.8 Å². The van der Waals surface area contributed by atoms with Crippen LogP contribution in [0.5, 0.6) is 0 Å². The normalized spacial score (nSPS) is 14.0. The second-order valence-electron chi connectivity index (χ2n) is 12.3. The summed E-state index contributed by atoms with van der Waals surface area (Å²) in [5.41, 5.74) is 21.1. The molecule has 0 unspecified atom stereocenters. The number of rotatable bonds is 26. The molecule has 0 saturated heterocycles. The fraction of sp³-hybridized carbons (Fsp3) is 0.633. The van der Waals surface area contributed by atoms with Gasteiger partial charge in [-0.2, -0.15) is 0 Å². The fourth-order valence-corrected chi connectivity index (χ4v) is 4.49. The lowest BCUT2D eigenvalue weighted by molar-refractivity contribution is -0.144. The molecule has 0 aliphatic heterocycles. The minimum absolute atomic E-state index is 0.0548. The summed E-state index contributed by atoms with van der Waals surface area (Å²) in [6, 6.07) is -9.22. The zero-order valence-electron chi connectivity index (χ0n) is 30.1. The molecule has 24 nitrogen and oxygen atoms in total. The van der Waals surface area contributed by atoms with Crippen molar-refractivity contribution >= 4 is 65.2 Å². The molecule has 0 fully saturated rings. The number of aliphatic carboxylic acids is 3. The van der Waals surface area contributed by atoms with Gasteiger partial charge in [0, 0.05) is 19.4 Å². The highest BCUT2D eigenvalue weighted by Gasteiger charge is 2.35. The van der Waals surface area contributed by atoms with E-state index in [2.05, 4.69) is 31.6 Å². The van der Waals surface area contributed by atoms with Crippen LogP contribution in [0.15, 0.2) is 4.99 Å². The third-order valence-corrected chi connectivity index (χ3v) is 7.37. The van der Waals surface area contributed by atoms with Crippen LogP contribution in [0.3, 0.4) is 0 Å². The van der Waals surface area contributed by atoms with E-state index >= 15 is 0 Å². The number of nitrogens with two attached hydrogens (primary N) is 4. The Morgan fingerprint density at radius 1 is 0.593 bits per heavy atom. The molecule has 7 amide bonds. The predicted molar refractivity (Wildman–Crippen MR) is 186 cm³/mol. The minimum atomic E-state index is -1.90. The van der Waals surface area contributed by atoms with Crippen LogP contribution in [0.4, 0.5) is 0 Å². The van der Waals surface area contributed by atoms with E-state index in [-0.39, 0.29) is 25.3 Å². The first kappa shape index (κ1) is 47.9. The molecule has 0 aromatic carbocycles. The van der Waals surface area contributed by atoms with Crippen molar-refractivity contribution in [3.8, 4) is 0 Å². The zero-order valence-corrected chi connectivity index (χ0v) is 30.1. The zero-order chi connectivity index (χ0) is 41.7. The number of primary amides is 1. The van der Waals surface area contributed by atoms with E-state index in [1.165, 1.54) is 20.8 Å². The number of carboxylic acid groups (broad SMARTS) is 3. The van der Waals surface area contributed by atoms with Crippen molar-refractivity contribution in [2.75, 3.05) is 13.1 Å². The Morgan fingerprint density at radius 3 is 1.59 bits per heavy atom. The minimum Gasteiger partial charge on any atom is -0.481 e. The Hall–Kier alpha value is -6.07. The van der Waals surface area contributed by atoms with Crippen LogP contribution in [0.25, 0.3) is 0 Å². The topological polar surface area (TPSA) is 420 Å². The van der Waals surface area contributed by atoms with E-state index in [4.69, 9.17) is 28.0 Å². The Balaban J connectivity index is 6.23. The molecule has 0 spiro atoms. The van der Waals surface area contributed by atoms with E-state index in [0.29, 0.717) is 0 Å². The SMILES string of the molecule is CC(C)[C@H](NC(=O)[C@H](CCCN=C(N)N)NC(=O)[C@H](C)NC(=O)CN)C(=O)N[C@@H](CC(=O)O)C(=O)N[C@@H](CCC(N)=O)C(=O)N[C@@H](CCC(=O)O)C(=O)O. The molecule has 0 bridgehead atoms. The summed E-state index contributed by atoms with van der Waals surface area (Å²) < 4.78 is 0. The van der Waals surface area contributed by atoms with Gasteiger partial charge in [-0.05, 0) is 38.5 Å². The second-order valence-corrected chi connectivity index (χ2v) is 12.3. The number of hydrogen-bond donors (Lipinski definition) is 13. The Morgan fingerprint density at radius 2 is 1.09 bits per heavy atom. The summed E-state index contributed by atoms with van der Waals surface area (Å²) in [6.45, 7) is 3.98. The Labute approximate surface area is 309 Å². The van der Waals surface area contributed by atoms with Gasteiger partial charge in [0.25, 0.3) is 0 Å². The fourth-order valence-electron chi connectivity index (χ4n) is 4.49. The van der Waals surface area contributed by atoms with E-state index in [9.17, 15) is 58.2 Å². The maximum Gasteiger partial charge on any atom is 0.326 e. The van der Waals surface area contributed by atoms with Crippen LogP contribution in [0.2, 0.25) is 0 Å². The molecule has 0 heterocycles. The highest BCUT2D eigenvalue weighted by atomic mass is 16.4. The molecule has 0 saturated carbocycles. The number of hydrogen-bond acceptors (Lipinski definition) is 12. The van der Waals surface area contributed by atoms with Gasteiger partial charge in [-0.25, -0.2) is 4.79 Å². The monoisotopic (exact) mass is 773 g/mol. The van der Waals surface area contributed by atoms with Crippen LogP contribution in [0.1, 0.15) is 65.7 Å². The first-order chi connectivity index (χ1) is 25.1. The van der Waals surface area contributed by atoms with Crippen LogP contribution < -0.4 is 54.8 Å². The summed E-state index contributed by atoms with van der Waals surface area (Å²) in [4.78, 5) is 127. The maximum absolute atomic E-state index is 13.5. The van der Waals surface area contributed by atoms with Crippen molar-refractivity contribution in [1.29, 1.82) is 0 Å². The molecule has 17 N–H and O–H groups in total. The van der Waals surface area contributed by atoms with Gasteiger partial charge >= 0.3 is 17.9 Å². The van der Waals surface area contributed by atoms with Gasteiger partial charge < -0.3 is 70.2 Å². The molecule has 6 atom stereocenters. The number of amides is 7. The van der Waals surface area contributed by atoms with Crippen molar-refractivity contribution < 1.29 is 63.3 Å². The molecule has 0 rings (SSSR count). The van der Waals surface area contributed by atoms with Gasteiger partial charge in [0.2, 0.25) is 41.4 Å². The molecule has 24 heteroatoms. The largest absolute Gasteiger partial charge is 0.481 e. The second kappa shape index (κ2) is 24.2. The molecular weight excluding hydrogens is 722 g/mol. The summed E-state index contributed by atoms with van der Waals surface area (Å²) >= 11 is 0. The Kier molecular flexibility index (Phi) is 21.5. The molecular formula is C30H51N11O13. The molecule has 0 aliphatic rings. The summed E-state index contributed by atoms with van der Waals surface area (Å²) in [6.07, 6.45) is -3.14. The Bertz CT molecular complexity index is 1420. The standard InChI is InChI=1S/C30H51N11O13/c1-13(2)23(41-26(50)15(5-4-10-35-30(33)34)37-24(48)14(3)36-20(43)12-31)28(52)40-18(11-22(46)47)27(51)38-16(6-8-19(32)42)25(49)39-17(29(53)54)7-9-21(44)45/h13-18,23H,4-12,31H2,1-3H3,(H2,32,42)(H,36,43)(H,37,48)(H,38,51)(H,39,49)(H,40,52)(H,41,50)(H,44,45)(H,46,47)(H,53,54)(H4,33,34,35)/t14-,15-,16-,17-,18-,23-/m0/s1.